The number of nitrogens with zero attached hydrogens (tertiary/aromatic N) is 1. The summed E-state index contributed by atoms with van der Waals surface area (Å²) in [6.45, 7) is 3.27. The predicted molar refractivity (Wildman–Crippen MR) is 96.9 cm³/mol. The lowest BCUT2D eigenvalue weighted by atomic mass is 9.89. The van der Waals surface area contributed by atoms with E-state index >= 15 is 0 Å². The second-order valence-electron chi connectivity index (χ2n) is 7.25. The fraction of sp³-hybridized carbons (Fsp3) is 0.571. The van der Waals surface area contributed by atoms with Gasteiger partial charge in [0.05, 0.1) is 5.52 Å². The Morgan fingerprint density at radius 2 is 1.91 bits per heavy atom. The summed E-state index contributed by atoms with van der Waals surface area (Å²) in [7, 11) is 0. The maximum atomic E-state index is 5.10. The molecule has 2 aliphatic rings. The first kappa shape index (κ1) is 15.1. The molecule has 2 aliphatic carbocycles. The Bertz CT molecular complexity index is 699. The summed E-state index contributed by atoms with van der Waals surface area (Å²) in [6.07, 6.45) is 11.6. The largest absolute Gasteiger partial charge is 0.310 e. The van der Waals surface area contributed by atoms with E-state index in [0.29, 0.717) is 0 Å². The van der Waals surface area contributed by atoms with Crippen LogP contribution in [-0.4, -0.2) is 11.0 Å². The van der Waals surface area contributed by atoms with Crippen LogP contribution < -0.4 is 5.32 Å². The van der Waals surface area contributed by atoms with E-state index in [2.05, 4.69) is 30.4 Å². The minimum atomic E-state index is 0.729. The van der Waals surface area contributed by atoms with Crippen LogP contribution in [0.25, 0.3) is 10.9 Å². The van der Waals surface area contributed by atoms with Crippen LogP contribution in [0.4, 0.5) is 0 Å². The van der Waals surface area contributed by atoms with Gasteiger partial charge in [-0.15, -0.1) is 0 Å². The SMILES string of the molecule is CCc1cccc2c(CNC3CCCC3)c3c(nc12)CCCC3. The van der Waals surface area contributed by atoms with Crippen LogP contribution in [0.15, 0.2) is 18.2 Å². The third-order valence-electron chi connectivity index (χ3n) is 5.80. The molecular formula is C21H28N2. The van der Waals surface area contributed by atoms with Gasteiger partial charge in [-0.25, -0.2) is 0 Å². The van der Waals surface area contributed by atoms with E-state index in [-0.39, 0.29) is 0 Å². The summed E-state index contributed by atoms with van der Waals surface area (Å²) in [5, 5.41) is 5.25. The number of rotatable bonds is 4. The molecule has 2 aromatic rings. The van der Waals surface area contributed by atoms with Crippen molar-refractivity contribution >= 4 is 10.9 Å². The van der Waals surface area contributed by atoms with Crippen LogP contribution >= 0.6 is 0 Å². The number of hydrogen-bond donors (Lipinski definition) is 1. The van der Waals surface area contributed by atoms with Crippen molar-refractivity contribution < 1.29 is 0 Å². The van der Waals surface area contributed by atoms with Gasteiger partial charge in [0.1, 0.15) is 0 Å². The summed E-state index contributed by atoms with van der Waals surface area (Å²) < 4.78 is 0. The van der Waals surface area contributed by atoms with Crippen molar-refractivity contribution in [2.75, 3.05) is 0 Å². The number of fused-ring (bicyclic) bond motifs is 2. The first-order valence-corrected chi connectivity index (χ1v) is 9.52. The highest BCUT2D eigenvalue weighted by Crippen LogP contribution is 2.31. The van der Waals surface area contributed by atoms with Crippen LogP contribution in [0.3, 0.4) is 0 Å². The number of aromatic nitrogens is 1. The van der Waals surface area contributed by atoms with Crippen LogP contribution in [0.5, 0.6) is 0 Å². The summed E-state index contributed by atoms with van der Waals surface area (Å²) >= 11 is 0. The van der Waals surface area contributed by atoms with Gasteiger partial charge in [0, 0.05) is 23.7 Å². The summed E-state index contributed by atoms with van der Waals surface area (Å²) in [5.74, 6) is 0. The quantitative estimate of drug-likeness (QED) is 0.885. The minimum Gasteiger partial charge on any atom is -0.310 e. The summed E-state index contributed by atoms with van der Waals surface area (Å²) in [6, 6.07) is 7.49. The normalized spacial score (nSPS) is 18.5. The topological polar surface area (TPSA) is 24.9 Å². The van der Waals surface area contributed by atoms with E-state index in [1.807, 2.05) is 0 Å². The second kappa shape index (κ2) is 6.60. The number of benzene rings is 1. The Balaban J connectivity index is 1.78. The Morgan fingerprint density at radius 3 is 2.74 bits per heavy atom. The first-order chi connectivity index (χ1) is 11.4. The monoisotopic (exact) mass is 308 g/mol. The molecule has 2 heteroatoms. The molecule has 1 fully saturated rings. The molecule has 0 radical (unpaired) electrons. The molecule has 0 bridgehead atoms. The predicted octanol–water partition coefficient (Wildman–Crippen LogP) is 4.71. The lowest BCUT2D eigenvalue weighted by Gasteiger charge is -2.23. The average Bonchev–Trinajstić information content (AvgIpc) is 3.11. The van der Waals surface area contributed by atoms with Gasteiger partial charge >= 0.3 is 0 Å². The Labute approximate surface area is 139 Å². The zero-order valence-corrected chi connectivity index (χ0v) is 14.3. The van der Waals surface area contributed by atoms with Gasteiger partial charge in [0.15, 0.2) is 0 Å². The number of hydrogen-bond acceptors (Lipinski definition) is 2. The Hall–Kier alpha value is -1.41. The maximum Gasteiger partial charge on any atom is 0.0740 e. The van der Waals surface area contributed by atoms with Gasteiger partial charge in [-0.3, -0.25) is 4.98 Å². The van der Waals surface area contributed by atoms with Gasteiger partial charge in [0.25, 0.3) is 0 Å². The average molecular weight is 308 g/mol. The fourth-order valence-corrected chi connectivity index (χ4v) is 4.47. The van der Waals surface area contributed by atoms with Crippen molar-refractivity contribution in [3.63, 3.8) is 0 Å². The maximum absolute atomic E-state index is 5.10. The highest BCUT2D eigenvalue weighted by Gasteiger charge is 2.20. The zero-order valence-electron chi connectivity index (χ0n) is 14.3. The van der Waals surface area contributed by atoms with Crippen molar-refractivity contribution in [2.45, 2.75) is 77.3 Å². The van der Waals surface area contributed by atoms with Crippen molar-refractivity contribution in [3.8, 4) is 0 Å². The second-order valence-corrected chi connectivity index (χ2v) is 7.25. The molecule has 0 unspecified atom stereocenters. The number of nitrogens with one attached hydrogen (secondary N) is 1. The van der Waals surface area contributed by atoms with Crippen LogP contribution in [0, 0.1) is 0 Å². The molecule has 23 heavy (non-hydrogen) atoms. The third-order valence-corrected chi connectivity index (χ3v) is 5.80. The molecule has 1 N–H and O–H groups in total. The number of para-hydroxylation sites is 1. The molecule has 0 amide bonds. The van der Waals surface area contributed by atoms with E-state index in [0.717, 1.165) is 19.0 Å². The number of pyridine rings is 1. The van der Waals surface area contributed by atoms with Gasteiger partial charge < -0.3 is 5.32 Å². The van der Waals surface area contributed by atoms with Crippen molar-refractivity contribution in [3.05, 3.63) is 40.6 Å². The molecule has 122 valence electrons. The van der Waals surface area contributed by atoms with E-state index < -0.39 is 0 Å². The summed E-state index contributed by atoms with van der Waals surface area (Å²) in [4.78, 5) is 5.10. The van der Waals surface area contributed by atoms with E-state index in [9.17, 15) is 0 Å². The standard InChI is InChI=1S/C21H28N2/c1-2-15-8-7-12-18-19(14-22-16-9-3-4-10-16)17-11-5-6-13-20(17)23-21(15)18/h7-8,12,16,22H,2-6,9-11,13-14H2,1H3. The van der Waals surface area contributed by atoms with E-state index in [4.69, 9.17) is 4.98 Å². The highest BCUT2D eigenvalue weighted by molar-refractivity contribution is 5.86. The molecule has 1 aromatic carbocycles. The van der Waals surface area contributed by atoms with Crippen LogP contribution in [0.2, 0.25) is 0 Å². The molecule has 0 atom stereocenters. The molecule has 0 spiro atoms. The van der Waals surface area contributed by atoms with Gasteiger partial charge in [-0.1, -0.05) is 38.0 Å². The van der Waals surface area contributed by atoms with Crippen molar-refractivity contribution in [1.82, 2.24) is 10.3 Å². The molecule has 1 heterocycles. The molecule has 2 nitrogen and oxygen atoms in total. The lowest BCUT2D eigenvalue weighted by molar-refractivity contribution is 0.521. The van der Waals surface area contributed by atoms with E-state index in [1.54, 1.807) is 11.1 Å². The first-order valence-electron chi connectivity index (χ1n) is 9.52. The zero-order chi connectivity index (χ0) is 15.6. The summed E-state index contributed by atoms with van der Waals surface area (Å²) in [5.41, 5.74) is 7.15. The number of aryl methyl sites for hydroxylation is 2. The van der Waals surface area contributed by atoms with Gasteiger partial charge in [-0.05, 0) is 61.6 Å². The molecular weight excluding hydrogens is 280 g/mol. The van der Waals surface area contributed by atoms with E-state index in [1.165, 1.54) is 73.5 Å². The Kier molecular flexibility index (Phi) is 4.35. The van der Waals surface area contributed by atoms with Gasteiger partial charge in [-0.2, -0.15) is 0 Å². The smallest absolute Gasteiger partial charge is 0.0740 e. The van der Waals surface area contributed by atoms with Crippen molar-refractivity contribution in [2.24, 2.45) is 0 Å². The third kappa shape index (κ3) is 2.89. The fourth-order valence-electron chi connectivity index (χ4n) is 4.47. The Morgan fingerprint density at radius 1 is 1.09 bits per heavy atom. The van der Waals surface area contributed by atoms with Crippen LogP contribution in [0.1, 0.15) is 67.8 Å². The molecule has 1 saturated carbocycles. The molecule has 0 aliphatic heterocycles. The highest BCUT2D eigenvalue weighted by atomic mass is 14.9. The molecule has 0 saturated heterocycles. The lowest BCUT2D eigenvalue weighted by Crippen LogP contribution is -2.26. The van der Waals surface area contributed by atoms with Crippen LogP contribution in [-0.2, 0) is 25.8 Å². The van der Waals surface area contributed by atoms with Gasteiger partial charge in [0.2, 0.25) is 0 Å². The molecule has 4 rings (SSSR count). The molecule has 1 aromatic heterocycles. The minimum absolute atomic E-state index is 0.729. The van der Waals surface area contributed by atoms with Crippen molar-refractivity contribution in [1.29, 1.82) is 0 Å².